The van der Waals surface area contributed by atoms with Crippen LogP contribution in [0.5, 0.6) is 0 Å². The second kappa shape index (κ2) is 9.96. The van der Waals surface area contributed by atoms with Crippen LogP contribution in [-0.2, 0) is 25.0 Å². The zero-order valence-corrected chi connectivity index (χ0v) is 21.0. The predicted molar refractivity (Wildman–Crippen MR) is 93.0 cm³/mol. The fraction of sp³-hybridized carbons (Fsp3) is 0. The Hall–Kier alpha value is -0.860. The molecule has 3 rings (SSSR count). The Morgan fingerprint density at radius 1 is 0.862 bits per heavy atom. The Morgan fingerprint density at radius 3 is 2.03 bits per heavy atom. The number of nitrogens with zero attached hydrogens (tertiary/aromatic N) is 1. The molecule has 0 radical (unpaired) electrons. The van der Waals surface area contributed by atoms with Gasteiger partial charge in [-0.25, -0.2) is 16.8 Å². The number of benzene rings is 2. The van der Waals surface area contributed by atoms with Crippen molar-refractivity contribution in [3.05, 3.63) is 59.7 Å². The summed E-state index contributed by atoms with van der Waals surface area (Å²) in [7, 11) is -10.2. The van der Waals surface area contributed by atoms with Crippen LogP contribution in [0.3, 0.4) is 0 Å². The van der Waals surface area contributed by atoms with Crippen LogP contribution in [0.25, 0.3) is 6.08 Å². The standard InChI is InChI=1S/C16H12N2O7S2.2Na/c19-13-7-6-10-8-12(26(20,21)22)9-14(27(23,24)25)15(10)16(13)18-17-11-4-2-1-3-5-11;;/h1-9,17H,(H,20,21,22)(H,23,24,25);;/q;2*+1/p-2/b18-16+;;. The first kappa shape index (κ1) is 26.2. The summed E-state index contributed by atoms with van der Waals surface area (Å²) >= 11 is 0. The summed E-state index contributed by atoms with van der Waals surface area (Å²) in [6.45, 7) is 0. The molecule has 0 amide bonds. The average molecular weight is 452 g/mol. The number of carbonyl (C=O) groups excluding carboxylic acids is 1. The number of nitrogens with one attached hydrogen (secondary N) is 1. The molecule has 0 saturated heterocycles. The van der Waals surface area contributed by atoms with Crippen LogP contribution in [-0.4, -0.2) is 37.4 Å². The van der Waals surface area contributed by atoms with E-state index in [1.54, 1.807) is 30.3 Å². The molecule has 0 heterocycles. The third kappa shape index (κ3) is 6.07. The summed E-state index contributed by atoms with van der Waals surface area (Å²) in [6, 6.07) is 9.71. The molecule has 13 heteroatoms. The number of rotatable bonds is 4. The Kier molecular flexibility index (Phi) is 8.99. The number of para-hydroxylation sites is 1. The van der Waals surface area contributed by atoms with Crippen LogP contribution >= 0.6 is 0 Å². The van der Waals surface area contributed by atoms with Gasteiger partial charge < -0.3 is 9.11 Å². The molecule has 1 aliphatic carbocycles. The average Bonchev–Trinajstić information content (AvgIpc) is 2.59. The van der Waals surface area contributed by atoms with E-state index < -0.39 is 41.5 Å². The van der Waals surface area contributed by atoms with Crippen molar-refractivity contribution in [2.45, 2.75) is 9.79 Å². The van der Waals surface area contributed by atoms with Crippen molar-refractivity contribution in [3.63, 3.8) is 0 Å². The molecule has 0 unspecified atom stereocenters. The number of hydrogen-bond donors (Lipinski definition) is 1. The molecule has 0 fully saturated rings. The smallest absolute Gasteiger partial charge is 0.744 e. The second-order valence-corrected chi connectivity index (χ2v) is 8.16. The van der Waals surface area contributed by atoms with E-state index in [1.165, 1.54) is 0 Å². The molecule has 140 valence electrons. The third-order valence-corrected chi connectivity index (χ3v) is 5.29. The number of fused-ring (bicyclic) bond motifs is 1. The number of anilines is 1. The molecule has 0 aliphatic heterocycles. The van der Waals surface area contributed by atoms with Gasteiger partial charge in [0.15, 0.2) is 0 Å². The first-order chi connectivity index (χ1) is 12.6. The van der Waals surface area contributed by atoms with Crippen molar-refractivity contribution < 1.29 is 89.9 Å². The minimum atomic E-state index is -5.21. The molecule has 0 bridgehead atoms. The van der Waals surface area contributed by atoms with Gasteiger partial charge in [0.05, 0.1) is 15.5 Å². The molecule has 2 aromatic carbocycles. The Bertz CT molecular complexity index is 1210. The second-order valence-electron chi connectivity index (χ2n) is 5.43. The summed E-state index contributed by atoms with van der Waals surface area (Å²) in [5.41, 5.74) is 2.18. The fourth-order valence-corrected chi connectivity index (χ4v) is 3.79. The van der Waals surface area contributed by atoms with E-state index in [4.69, 9.17) is 0 Å². The fourth-order valence-electron chi connectivity index (χ4n) is 2.45. The van der Waals surface area contributed by atoms with Gasteiger partial charge in [-0.1, -0.05) is 24.3 Å². The molecular weight excluding hydrogens is 442 g/mol. The van der Waals surface area contributed by atoms with Crippen molar-refractivity contribution in [1.29, 1.82) is 0 Å². The van der Waals surface area contributed by atoms with E-state index in [1.807, 2.05) is 0 Å². The van der Waals surface area contributed by atoms with Crippen molar-refractivity contribution in [2.75, 3.05) is 5.43 Å². The maximum absolute atomic E-state index is 12.2. The molecule has 1 aliphatic rings. The first-order valence-electron chi connectivity index (χ1n) is 7.29. The zero-order chi connectivity index (χ0) is 19.8. The number of ketones is 1. The molecular formula is C16H10N2Na2O7S2. The predicted octanol–water partition coefficient (Wildman–Crippen LogP) is -5.09. The van der Waals surface area contributed by atoms with Gasteiger partial charge >= 0.3 is 59.1 Å². The monoisotopic (exact) mass is 452 g/mol. The summed E-state index contributed by atoms with van der Waals surface area (Å²) in [5.74, 6) is -0.700. The van der Waals surface area contributed by atoms with Gasteiger partial charge in [-0.2, -0.15) is 5.10 Å². The van der Waals surface area contributed by atoms with Crippen LogP contribution in [0, 0.1) is 0 Å². The van der Waals surface area contributed by atoms with Gasteiger partial charge in [-0.05, 0) is 35.9 Å². The maximum Gasteiger partial charge on any atom is 1.00 e. The normalized spacial score (nSPS) is 14.6. The molecule has 1 N–H and O–H groups in total. The number of carbonyl (C=O) groups is 1. The SMILES string of the molecule is O=C1C=Cc2cc(S(=O)(=O)[O-])cc(S(=O)(=O)[O-])c2/C1=N/Nc1ccccc1.[Na+].[Na+]. The Labute approximate surface area is 211 Å². The van der Waals surface area contributed by atoms with Crippen molar-refractivity contribution in [2.24, 2.45) is 5.10 Å². The summed E-state index contributed by atoms with van der Waals surface area (Å²) in [5, 5.41) is 3.88. The van der Waals surface area contributed by atoms with Crippen molar-refractivity contribution >= 4 is 43.5 Å². The molecule has 0 spiro atoms. The van der Waals surface area contributed by atoms with Gasteiger partial charge in [0, 0.05) is 5.56 Å². The van der Waals surface area contributed by atoms with E-state index >= 15 is 0 Å². The van der Waals surface area contributed by atoms with Crippen LogP contribution in [0.2, 0.25) is 0 Å². The van der Waals surface area contributed by atoms with E-state index in [0.717, 1.165) is 18.2 Å². The summed E-state index contributed by atoms with van der Waals surface area (Å²) < 4.78 is 68.7. The topological polar surface area (TPSA) is 156 Å². The van der Waals surface area contributed by atoms with Crippen LogP contribution in [0.15, 0.2) is 63.4 Å². The number of hydrogen-bond acceptors (Lipinski definition) is 9. The largest absolute Gasteiger partial charge is 1.00 e. The summed E-state index contributed by atoms with van der Waals surface area (Å²) in [4.78, 5) is 10.3. The molecule has 29 heavy (non-hydrogen) atoms. The van der Waals surface area contributed by atoms with Gasteiger partial charge in [-0.15, -0.1) is 0 Å². The van der Waals surface area contributed by atoms with Crippen LogP contribution in [0.4, 0.5) is 5.69 Å². The van der Waals surface area contributed by atoms with Crippen LogP contribution < -0.4 is 64.5 Å². The van der Waals surface area contributed by atoms with Crippen molar-refractivity contribution in [3.8, 4) is 0 Å². The molecule has 0 aromatic heterocycles. The summed E-state index contributed by atoms with van der Waals surface area (Å²) in [6.07, 6.45) is 2.14. The Balaban J connectivity index is 0.00000210. The van der Waals surface area contributed by atoms with E-state index in [-0.39, 0.29) is 70.2 Å². The Morgan fingerprint density at radius 2 is 1.48 bits per heavy atom. The van der Waals surface area contributed by atoms with Gasteiger partial charge in [0.25, 0.3) is 0 Å². The van der Waals surface area contributed by atoms with E-state index in [9.17, 15) is 30.7 Å². The van der Waals surface area contributed by atoms with Crippen molar-refractivity contribution in [1.82, 2.24) is 0 Å². The van der Waals surface area contributed by atoms with Gasteiger partial charge in [0.1, 0.15) is 25.9 Å². The quantitative estimate of drug-likeness (QED) is 0.274. The van der Waals surface area contributed by atoms with Crippen LogP contribution in [0.1, 0.15) is 11.1 Å². The maximum atomic E-state index is 12.2. The van der Waals surface area contributed by atoms with Gasteiger partial charge in [0.2, 0.25) is 5.78 Å². The van der Waals surface area contributed by atoms with E-state index in [2.05, 4.69) is 10.5 Å². The molecule has 0 saturated carbocycles. The van der Waals surface area contributed by atoms with E-state index in [0.29, 0.717) is 11.8 Å². The van der Waals surface area contributed by atoms with Gasteiger partial charge in [-0.3, -0.25) is 10.2 Å². The first-order valence-corrected chi connectivity index (χ1v) is 10.1. The molecule has 2 aromatic rings. The zero-order valence-electron chi connectivity index (χ0n) is 15.3. The molecule has 9 nitrogen and oxygen atoms in total. The number of allylic oxidation sites excluding steroid dienone is 1. The third-order valence-electron chi connectivity index (χ3n) is 3.62. The molecule has 0 atom stereocenters. The number of hydrazone groups is 1. The minimum Gasteiger partial charge on any atom is -0.744 e. The minimum absolute atomic E-state index is 0.